The first-order valence-corrected chi connectivity index (χ1v) is 7.24. The van der Waals surface area contributed by atoms with E-state index in [1.54, 1.807) is 6.26 Å². The lowest BCUT2D eigenvalue weighted by Crippen LogP contribution is -2.24. The van der Waals surface area contributed by atoms with Gasteiger partial charge in [-0.2, -0.15) is 0 Å². The quantitative estimate of drug-likeness (QED) is 0.846. The molecule has 1 aromatic rings. The molecule has 1 aliphatic rings. The molecule has 0 atom stereocenters. The van der Waals surface area contributed by atoms with Gasteiger partial charge in [0, 0.05) is 5.92 Å². The first-order chi connectivity index (χ1) is 8.63. The van der Waals surface area contributed by atoms with Gasteiger partial charge in [-0.1, -0.05) is 19.3 Å². The third-order valence-corrected chi connectivity index (χ3v) is 3.90. The van der Waals surface area contributed by atoms with Gasteiger partial charge in [0.1, 0.15) is 5.03 Å². The summed E-state index contributed by atoms with van der Waals surface area (Å²) in [5, 5.41) is 0.374. The summed E-state index contributed by atoms with van der Waals surface area (Å²) in [7, 11) is 0. The fraction of sp³-hybridized carbons (Fsp3) is 0.583. The van der Waals surface area contributed by atoms with Crippen LogP contribution in [-0.2, 0) is 0 Å². The molecule has 0 bridgehead atoms. The monoisotopic (exact) mass is 268 g/mol. The van der Waals surface area contributed by atoms with Crippen LogP contribution in [0.5, 0.6) is 0 Å². The highest BCUT2D eigenvalue weighted by Crippen LogP contribution is 2.32. The molecule has 0 spiro atoms. The summed E-state index contributed by atoms with van der Waals surface area (Å²) in [6, 6.07) is 0. The number of thioether (sulfide) groups is 1. The topological polar surface area (TPSA) is 86.2 Å². The Hall–Kier alpha value is -1.30. The zero-order chi connectivity index (χ0) is 13.1. The molecular formula is C12H16N2O3S. The predicted octanol–water partition coefficient (Wildman–Crippen LogP) is 1.90. The SMILES string of the molecule is CSc1nc(C2CCCCC2)oc(=O)c1C(N)=O. The van der Waals surface area contributed by atoms with E-state index in [4.69, 9.17) is 10.2 Å². The summed E-state index contributed by atoms with van der Waals surface area (Å²) < 4.78 is 5.17. The fourth-order valence-corrected chi connectivity index (χ4v) is 2.86. The highest BCUT2D eigenvalue weighted by atomic mass is 32.2. The Bertz CT molecular complexity index is 507. The van der Waals surface area contributed by atoms with E-state index >= 15 is 0 Å². The average Bonchev–Trinajstić information content (AvgIpc) is 2.38. The molecule has 1 aromatic heterocycles. The molecule has 0 unspecified atom stereocenters. The summed E-state index contributed by atoms with van der Waals surface area (Å²) in [5.41, 5.74) is 4.37. The Labute approximate surface area is 109 Å². The van der Waals surface area contributed by atoms with Crippen LogP contribution in [-0.4, -0.2) is 17.1 Å². The number of primary amides is 1. The number of amides is 1. The van der Waals surface area contributed by atoms with Crippen molar-refractivity contribution in [2.45, 2.75) is 43.0 Å². The lowest BCUT2D eigenvalue weighted by Gasteiger charge is -2.19. The van der Waals surface area contributed by atoms with Gasteiger partial charge in [0.15, 0.2) is 5.56 Å². The van der Waals surface area contributed by atoms with Gasteiger partial charge in [0.25, 0.3) is 5.91 Å². The highest BCUT2D eigenvalue weighted by Gasteiger charge is 2.24. The second kappa shape index (κ2) is 5.56. The molecule has 1 amide bonds. The van der Waals surface area contributed by atoms with Gasteiger partial charge in [-0.3, -0.25) is 4.79 Å². The van der Waals surface area contributed by atoms with E-state index in [1.165, 1.54) is 18.2 Å². The first-order valence-electron chi connectivity index (χ1n) is 6.02. The molecule has 18 heavy (non-hydrogen) atoms. The Morgan fingerprint density at radius 2 is 2.06 bits per heavy atom. The second-order valence-corrected chi connectivity index (χ2v) is 5.22. The van der Waals surface area contributed by atoms with Crippen LogP contribution < -0.4 is 11.4 Å². The third kappa shape index (κ3) is 2.58. The minimum atomic E-state index is -0.782. The predicted molar refractivity (Wildman–Crippen MR) is 68.9 cm³/mol. The molecule has 0 radical (unpaired) electrons. The normalized spacial score (nSPS) is 16.7. The van der Waals surface area contributed by atoms with Crippen LogP contribution in [0.4, 0.5) is 0 Å². The van der Waals surface area contributed by atoms with E-state index < -0.39 is 11.5 Å². The van der Waals surface area contributed by atoms with E-state index in [1.807, 2.05) is 0 Å². The molecule has 1 heterocycles. The van der Waals surface area contributed by atoms with Crippen molar-refractivity contribution in [2.75, 3.05) is 6.26 Å². The first kappa shape index (κ1) is 13.1. The van der Waals surface area contributed by atoms with Crippen LogP contribution in [0.15, 0.2) is 14.2 Å². The molecule has 6 heteroatoms. The summed E-state index contributed by atoms with van der Waals surface area (Å²) >= 11 is 1.24. The van der Waals surface area contributed by atoms with Gasteiger partial charge in [0.2, 0.25) is 5.89 Å². The molecule has 2 N–H and O–H groups in total. The number of hydrogen-bond donors (Lipinski definition) is 1. The van der Waals surface area contributed by atoms with Crippen molar-refractivity contribution in [3.8, 4) is 0 Å². The van der Waals surface area contributed by atoms with E-state index in [0.29, 0.717) is 10.9 Å². The van der Waals surface area contributed by atoms with Crippen molar-refractivity contribution >= 4 is 17.7 Å². The molecule has 98 valence electrons. The number of carbonyl (C=O) groups excluding carboxylic acids is 1. The Balaban J connectivity index is 2.42. The maximum Gasteiger partial charge on any atom is 0.353 e. The molecular weight excluding hydrogens is 252 g/mol. The summed E-state index contributed by atoms with van der Waals surface area (Å²) in [4.78, 5) is 27.3. The lowest BCUT2D eigenvalue weighted by molar-refractivity contribution is 0.0991. The number of carbonyl (C=O) groups is 1. The molecule has 0 aliphatic heterocycles. The zero-order valence-corrected chi connectivity index (χ0v) is 11.1. The van der Waals surface area contributed by atoms with Crippen LogP contribution in [0.1, 0.15) is 54.3 Å². The van der Waals surface area contributed by atoms with E-state index in [-0.39, 0.29) is 11.5 Å². The number of nitrogens with two attached hydrogens (primary N) is 1. The van der Waals surface area contributed by atoms with Crippen LogP contribution in [0.3, 0.4) is 0 Å². The van der Waals surface area contributed by atoms with Crippen LogP contribution in [0.2, 0.25) is 0 Å². The maximum absolute atomic E-state index is 11.8. The highest BCUT2D eigenvalue weighted by molar-refractivity contribution is 7.98. The van der Waals surface area contributed by atoms with Gasteiger partial charge in [0.05, 0.1) is 0 Å². The molecule has 2 rings (SSSR count). The van der Waals surface area contributed by atoms with Crippen molar-refractivity contribution in [1.29, 1.82) is 0 Å². The van der Waals surface area contributed by atoms with Crippen LogP contribution >= 0.6 is 11.8 Å². The lowest BCUT2D eigenvalue weighted by atomic mass is 9.89. The summed E-state index contributed by atoms with van der Waals surface area (Å²) in [5.74, 6) is -0.135. The van der Waals surface area contributed by atoms with Crippen molar-refractivity contribution in [1.82, 2.24) is 4.98 Å². The standard InChI is InChI=1S/C12H16N2O3S/c1-18-11-8(9(13)15)12(16)17-10(14-11)7-5-3-2-4-6-7/h7H,2-6H2,1H3,(H2,13,15). The number of hydrogen-bond acceptors (Lipinski definition) is 5. The minimum Gasteiger partial charge on any atom is -0.407 e. The Kier molecular flexibility index (Phi) is 4.06. The Morgan fingerprint density at radius 1 is 1.39 bits per heavy atom. The van der Waals surface area contributed by atoms with Crippen LogP contribution in [0, 0.1) is 0 Å². The second-order valence-electron chi connectivity index (χ2n) is 4.42. The summed E-state index contributed by atoms with van der Waals surface area (Å²) in [6.07, 6.45) is 7.21. The van der Waals surface area contributed by atoms with E-state index in [9.17, 15) is 9.59 Å². The van der Waals surface area contributed by atoms with Crippen molar-refractivity contribution in [3.63, 3.8) is 0 Å². The Morgan fingerprint density at radius 3 is 2.61 bits per heavy atom. The zero-order valence-electron chi connectivity index (χ0n) is 10.3. The fourth-order valence-electron chi connectivity index (χ4n) is 2.29. The van der Waals surface area contributed by atoms with Gasteiger partial charge in [-0.25, -0.2) is 9.78 Å². The third-order valence-electron chi connectivity index (χ3n) is 3.22. The molecule has 0 aromatic carbocycles. The van der Waals surface area contributed by atoms with Gasteiger partial charge < -0.3 is 10.2 Å². The van der Waals surface area contributed by atoms with Gasteiger partial charge in [-0.15, -0.1) is 11.8 Å². The van der Waals surface area contributed by atoms with E-state index in [2.05, 4.69) is 4.98 Å². The largest absolute Gasteiger partial charge is 0.407 e. The van der Waals surface area contributed by atoms with Crippen molar-refractivity contribution < 1.29 is 9.21 Å². The molecule has 0 saturated heterocycles. The summed E-state index contributed by atoms with van der Waals surface area (Å²) in [6.45, 7) is 0. The number of rotatable bonds is 3. The van der Waals surface area contributed by atoms with Gasteiger partial charge >= 0.3 is 5.63 Å². The molecule has 5 nitrogen and oxygen atoms in total. The minimum absolute atomic E-state index is 0.137. The number of aromatic nitrogens is 1. The smallest absolute Gasteiger partial charge is 0.353 e. The average molecular weight is 268 g/mol. The molecule has 1 saturated carbocycles. The molecule has 1 aliphatic carbocycles. The van der Waals surface area contributed by atoms with Crippen molar-refractivity contribution in [3.05, 3.63) is 21.9 Å². The van der Waals surface area contributed by atoms with Gasteiger partial charge in [-0.05, 0) is 19.1 Å². The van der Waals surface area contributed by atoms with E-state index in [0.717, 1.165) is 25.7 Å². The number of nitrogens with zero attached hydrogens (tertiary/aromatic N) is 1. The van der Waals surface area contributed by atoms with Crippen molar-refractivity contribution in [2.24, 2.45) is 5.73 Å². The maximum atomic E-state index is 11.8. The molecule has 1 fully saturated rings. The van der Waals surface area contributed by atoms with Crippen LogP contribution in [0.25, 0.3) is 0 Å².